The Morgan fingerprint density at radius 1 is 1.14 bits per heavy atom. The van der Waals surface area contributed by atoms with Crippen LogP contribution in [0.1, 0.15) is 24.1 Å². The minimum absolute atomic E-state index is 0.00990. The maximum atomic E-state index is 6.03. The highest BCUT2D eigenvalue weighted by Crippen LogP contribution is 2.36. The molecule has 1 atom stereocenters. The maximum absolute atomic E-state index is 6.03. The maximum Gasteiger partial charge on any atom is 0.124 e. The highest BCUT2D eigenvalue weighted by molar-refractivity contribution is 9.10. The molecule has 0 spiro atoms. The van der Waals surface area contributed by atoms with E-state index < -0.39 is 0 Å². The Morgan fingerprint density at radius 3 is 2.52 bits per heavy atom. The first-order chi connectivity index (χ1) is 10.1. The molecular formula is C16H16Br2ClNO. The van der Waals surface area contributed by atoms with Gasteiger partial charge in [0.15, 0.2) is 0 Å². The molecule has 0 aliphatic carbocycles. The Labute approximate surface area is 147 Å². The molecule has 2 nitrogen and oxygen atoms in total. The second-order valence-corrected chi connectivity index (χ2v) is 6.71. The summed E-state index contributed by atoms with van der Waals surface area (Å²) in [5.74, 6) is 0.877. The van der Waals surface area contributed by atoms with Crippen molar-refractivity contribution in [2.45, 2.75) is 13.0 Å². The normalized spacial score (nSPS) is 12.2. The lowest BCUT2D eigenvalue weighted by atomic mass is 9.98. The van der Waals surface area contributed by atoms with Gasteiger partial charge in [0.2, 0.25) is 0 Å². The summed E-state index contributed by atoms with van der Waals surface area (Å²) in [4.78, 5) is 0. The number of ether oxygens (including phenoxy) is 1. The largest absolute Gasteiger partial charge is 0.494 e. The SMILES string of the molecule is CCOc1ccc(Br)cc1C(NC)c1ccc(Cl)cc1Br. The molecule has 0 aliphatic heterocycles. The number of nitrogens with one attached hydrogen (secondary N) is 1. The van der Waals surface area contributed by atoms with E-state index in [1.165, 1.54) is 0 Å². The third-order valence-corrected chi connectivity index (χ3v) is 4.56. The van der Waals surface area contributed by atoms with Crippen LogP contribution in [0.3, 0.4) is 0 Å². The van der Waals surface area contributed by atoms with E-state index in [9.17, 15) is 0 Å². The Hall–Kier alpha value is -0.550. The minimum Gasteiger partial charge on any atom is -0.494 e. The van der Waals surface area contributed by atoms with Gasteiger partial charge in [-0.25, -0.2) is 0 Å². The van der Waals surface area contributed by atoms with Crippen molar-refractivity contribution in [3.63, 3.8) is 0 Å². The molecule has 21 heavy (non-hydrogen) atoms. The molecule has 0 heterocycles. The molecule has 0 bridgehead atoms. The van der Waals surface area contributed by atoms with Crippen LogP contribution in [-0.4, -0.2) is 13.7 Å². The average Bonchev–Trinajstić information content (AvgIpc) is 2.45. The molecule has 5 heteroatoms. The third kappa shape index (κ3) is 4.01. The standard InChI is InChI=1S/C16H16Br2ClNO/c1-3-21-15-7-4-10(17)8-13(15)16(20-2)12-6-5-11(19)9-14(12)18/h4-9,16,20H,3H2,1-2H3. The van der Waals surface area contributed by atoms with Crippen LogP contribution in [0.25, 0.3) is 0 Å². The molecule has 1 unspecified atom stereocenters. The molecule has 1 N–H and O–H groups in total. The van der Waals surface area contributed by atoms with Crippen molar-refractivity contribution in [2.24, 2.45) is 0 Å². The Bertz CT molecular complexity index is 634. The fourth-order valence-electron chi connectivity index (χ4n) is 2.25. The van der Waals surface area contributed by atoms with Crippen LogP contribution in [-0.2, 0) is 0 Å². The van der Waals surface area contributed by atoms with Gasteiger partial charge < -0.3 is 10.1 Å². The van der Waals surface area contributed by atoms with Crippen LogP contribution in [0.4, 0.5) is 0 Å². The van der Waals surface area contributed by atoms with Gasteiger partial charge in [0.1, 0.15) is 5.75 Å². The average molecular weight is 434 g/mol. The topological polar surface area (TPSA) is 21.3 Å². The van der Waals surface area contributed by atoms with E-state index in [1.54, 1.807) is 0 Å². The summed E-state index contributed by atoms with van der Waals surface area (Å²) in [6, 6.07) is 11.9. The summed E-state index contributed by atoms with van der Waals surface area (Å²) in [6.07, 6.45) is 0. The van der Waals surface area contributed by atoms with E-state index in [1.807, 2.05) is 44.3 Å². The van der Waals surface area contributed by atoms with E-state index >= 15 is 0 Å². The molecular weight excluding hydrogens is 417 g/mol. The van der Waals surface area contributed by atoms with Crippen LogP contribution in [0.2, 0.25) is 5.02 Å². The van der Waals surface area contributed by atoms with Crippen molar-refractivity contribution in [1.82, 2.24) is 5.32 Å². The summed E-state index contributed by atoms with van der Waals surface area (Å²) in [5, 5.41) is 4.06. The van der Waals surface area contributed by atoms with Crippen molar-refractivity contribution in [2.75, 3.05) is 13.7 Å². The van der Waals surface area contributed by atoms with Gasteiger partial charge in [0.05, 0.1) is 12.6 Å². The quantitative estimate of drug-likeness (QED) is 0.665. The molecule has 0 radical (unpaired) electrons. The van der Waals surface area contributed by atoms with E-state index in [-0.39, 0.29) is 6.04 Å². The molecule has 0 saturated heterocycles. The van der Waals surface area contributed by atoms with Gasteiger partial charge in [-0.3, -0.25) is 0 Å². The van der Waals surface area contributed by atoms with Gasteiger partial charge in [0.25, 0.3) is 0 Å². The van der Waals surface area contributed by atoms with Gasteiger partial charge in [0, 0.05) is 19.5 Å². The molecule has 2 rings (SSSR count). The van der Waals surface area contributed by atoms with Gasteiger partial charge in [-0.05, 0) is 49.9 Å². The molecule has 2 aromatic rings. The van der Waals surface area contributed by atoms with Crippen LogP contribution >= 0.6 is 43.5 Å². The lowest BCUT2D eigenvalue weighted by Crippen LogP contribution is -2.19. The Kier molecular flexibility index (Phi) is 6.11. The first-order valence-corrected chi connectivity index (χ1v) is 8.57. The number of hydrogen-bond acceptors (Lipinski definition) is 2. The predicted octanol–water partition coefficient (Wildman–Crippen LogP) is 5.57. The minimum atomic E-state index is 0.00990. The van der Waals surface area contributed by atoms with Crippen molar-refractivity contribution in [3.8, 4) is 5.75 Å². The fraction of sp³-hybridized carbons (Fsp3) is 0.250. The summed E-state index contributed by atoms with van der Waals surface area (Å²) >= 11 is 13.2. The van der Waals surface area contributed by atoms with Gasteiger partial charge in [-0.15, -0.1) is 0 Å². The zero-order chi connectivity index (χ0) is 15.4. The summed E-state index contributed by atoms with van der Waals surface area (Å²) < 4.78 is 7.75. The second kappa shape index (κ2) is 7.63. The van der Waals surface area contributed by atoms with Crippen LogP contribution in [0, 0.1) is 0 Å². The monoisotopic (exact) mass is 431 g/mol. The first kappa shape index (κ1) is 16.8. The number of hydrogen-bond donors (Lipinski definition) is 1. The highest BCUT2D eigenvalue weighted by Gasteiger charge is 2.19. The van der Waals surface area contributed by atoms with Crippen molar-refractivity contribution >= 4 is 43.5 Å². The van der Waals surface area contributed by atoms with Crippen molar-refractivity contribution < 1.29 is 4.74 Å². The van der Waals surface area contributed by atoms with E-state index in [4.69, 9.17) is 16.3 Å². The molecule has 0 saturated carbocycles. The summed E-state index contributed by atoms with van der Waals surface area (Å²) in [7, 11) is 1.93. The first-order valence-electron chi connectivity index (χ1n) is 6.61. The molecule has 2 aromatic carbocycles. The van der Waals surface area contributed by atoms with Gasteiger partial charge >= 0.3 is 0 Å². The molecule has 0 fully saturated rings. The van der Waals surface area contributed by atoms with Gasteiger partial charge in [-0.1, -0.05) is 49.5 Å². The number of rotatable bonds is 5. The summed E-state index contributed by atoms with van der Waals surface area (Å²) in [5.41, 5.74) is 2.19. The fourth-order valence-corrected chi connectivity index (χ4v) is 3.54. The third-order valence-electron chi connectivity index (χ3n) is 3.14. The van der Waals surface area contributed by atoms with Gasteiger partial charge in [-0.2, -0.15) is 0 Å². The summed E-state index contributed by atoms with van der Waals surface area (Å²) in [6.45, 7) is 2.62. The zero-order valence-electron chi connectivity index (χ0n) is 11.8. The van der Waals surface area contributed by atoms with E-state index in [0.717, 1.165) is 25.8 Å². The molecule has 0 aromatic heterocycles. The van der Waals surface area contributed by atoms with Crippen LogP contribution in [0.5, 0.6) is 5.75 Å². The van der Waals surface area contributed by atoms with E-state index in [2.05, 4.69) is 43.2 Å². The highest BCUT2D eigenvalue weighted by atomic mass is 79.9. The molecule has 0 amide bonds. The smallest absolute Gasteiger partial charge is 0.124 e. The Balaban J connectivity index is 2.52. The van der Waals surface area contributed by atoms with Crippen molar-refractivity contribution in [3.05, 3.63) is 61.5 Å². The molecule has 0 aliphatic rings. The zero-order valence-corrected chi connectivity index (χ0v) is 15.7. The molecule has 112 valence electrons. The number of halogens is 3. The van der Waals surface area contributed by atoms with Crippen molar-refractivity contribution in [1.29, 1.82) is 0 Å². The Morgan fingerprint density at radius 2 is 1.90 bits per heavy atom. The number of benzene rings is 2. The lowest BCUT2D eigenvalue weighted by molar-refractivity contribution is 0.334. The predicted molar refractivity (Wildman–Crippen MR) is 95.4 cm³/mol. The van der Waals surface area contributed by atoms with E-state index in [0.29, 0.717) is 11.6 Å². The lowest BCUT2D eigenvalue weighted by Gasteiger charge is -2.22. The van der Waals surface area contributed by atoms with Crippen LogP contribution < -0.4 is 10.1 Å². The second-order valence-electron chi connectivity index (χ2n) is 4.50. The van der Waals surface area contributed by atoms with Crippen LogP contribution in [0.15, 0.2) is 45.3 Å².